The van der Waals surface area contributed by atoms with E-state index in [0.717, 1.165) is 23.2 Å². The minimum absolute atomic E-state index is 0.181. The Bertz CT molecular complexity index is 1170. The van der Waals surface area contributed by atoms with Gasteiger partial charge < -0.3 is 4.57 Å². The maximum absolute atomic E-state index is 12.7. The topological polar surface area (TPSA) is 71.7 Å². The molecule has 0 spiro atoms. The molecule has 0 saturated carbocycles. The van der Waals surface area contributed by atoms with Crippen molar-refractivity contribution >= 4 is 37.5 Å². The summed E-state index contributed by atoms with van der Waals surface area (Å²) in [5.74, 6) is -0.381. The van der Waals surface area contributed by atoms with Gasteiger partial charge in [0.05, 0.1) is 15.1 Å². The van der Waals surface area contributed by atoms with Crippen molar-refractivity contribution in [3.8, 4) is 0 Å². The lowest BCUT2D eigenvalue weighted by Crippen LogP contribution is -2.30. The second-order valence-corrected chi connectivity index (χ2v) is 9.48. The van der Waals surface area contributed by atoms with Gasteiger partial charge in [-0.15, -0.1) is 0 Å². The van der Waals surface area contributed by atoms with Crippen LogP contribution in [0.3, 0.4) is 0 Å². The van der Waals surface area contributed by atoms with Crippen molar-refractivity contribution in [2.45, 2.75) is 38.6 Å². The van der Waals surface area contributed by atoms with E-state index >= 15 is 0 Å². The van der Waals surface area contributed by atoms with Crippen molar-refractivity contribution in [1.82, 2.24) is 8.87 Å². The van der Waals surface area contributed by atoms with Gasteiger partial charge in [0.2, 0.25) is 10.0 Å². The van der Waals surface area contributed by atoms with Crippen molar-refractivity contribution in [1.29, 1.82) is 0 Å². The number of fused-ring (bicyclic) bond motifs is 1. The fourth-order valence-electron chi connectivity index (χ4n) is 3.18. The Morgan fingerprint density at radius 1 is 1.03 bits per heavy atom. The zero-order valence-electron chi connectivity index (χ0n) is 16.8. The molecule has 3 aromatic rings. The van der Waals surface area contributed by atoms with Crippen LogP contribution in [-0.2, 0) is 16.6 Å². The van der Waals surface area contributed by atoms with Crippen LogP contribution in [0.4, 0.5) is 0 Å². The third-order valence-corrected chi connectivity index (χ3v) is 7.80. The number of sulfonamides is 1. The van der Waals surface area contributed by atoms with Crippen LogP contribution < -0.4 is 4.80 Å². The van der Waals surface area contributed by atoms with E-state index in [-0.39, 0.29) is 10.8 Å². The second kappa shape index (κ2) is 9.02. The molecule has 0 bridgehead atoms. The molecule has 0 aliphatic heterocycles. The lowest BCUT2D eigenvalue weighted by Gasteiger charge is -2.18. The molecule has 1 heterocycles. The molecule has 154 valence electrons. The maximum atomic E-state index is 12.7. The molecule has 6 nitrogen and oxygen atoms in total. The highest BCUT2D eigenvalue weighted by atomic mass is 32.2. The summed E-state index contributed by atoms with van der Waals surface area (Å²) < 4.78 is 29.7. The third kappa shape index (κ3) is 4.34. The number of para-hydroxylation sites is 1. The van der Waals surface area contributed by atoms with Gasteiger partial charge in [-0.25, -0.2) is 8.42 Å². The molecular weight excluding hydrogens is 406 g/mol. The molecule has 0 saturated heterocycles. The molecule has 2 aromatic carbocycles. The molecule has 1 amide bonds. The third-order valence-electron chi connectivity index (χ3n) is 4.68. The van der Waals surface area contributed by atoms with E-state index in [4.69, 9.17) is 0 Å². The van der Waals surface area contributed by atoms with E-state index in [9.17, 15) is 13.2 Å². The van der Waals surface area contributed by atoms with Crippen LogP contribution in [-0.4, -0.2) is 36.3 Å². The van der Waals surface area contributed by atoms with Crippen molar-refractivity contribution in [2.75, 3.05) is 13.1 Å². The van der Waals surface area contributed by atoms with Crippen molar-refractivity contribution in [3.63, 3.8) is 0 Å². The average Bonchev–Trinajstić information content (AvgIpc) is 3.06. The fraction of sp³-hybridized carbons (Fsp3) is 0.333. The molecule has 0 unspecified atom stereocenters. The number of thiazole rings is 1. The van der Waals surface area contributed by atoms with Crippen LogP contribution in [0.15, 0.2) is 58.4 Å². The van der Waals surface area contributed by atoms with Gasteiger partial charge in [-0.05, 0) is 42.8 Å². The number of nitrogens with zero attached hydrogens (tertiary/aromatic N) is 3. The van der Waals surface area contributed by atoms with Gasteiger partial charge in [0.15, 0.2) is 4.80 Å². The summed E-state index contributed by atoms with van der Waals surface area (Å²) in [4.78, 5) is 17.9. The highest BCUT2D eigenvalue weighted by Gasteiger charge is 2.21. The first-order valence-corrected chi connectivity index (χ1v) is 12.0. The molecule has 0 aliphatic carbocycles. The molecule has 1 aromatic heterocycles. The van der Waals surface area contributed by atoms with Crippen LogP contribution in [0.1, 0.15) is 37.6 Å². The average molecular weight is 432 g/mol. The number of carbonyl (C=O) groups is 1. The molecular formula is C21H25N3O3S2. The van der Waals surface area contributed by atoms with E-state index in [1.165, 1.54) is 39.9 Å². The van der Waals surface area contributed by atoms with Gasteiger partial charge in [-0.1, -0.05) is 44.2 Å². The molecule has 0 radical (unpaired) electrons. The number of hydrogen-bond acceptors (Lipinski definition) is 4. The van der Waals surface area contributed by atoms with Crippen LogP contribution in [0.2, 0.25) is 0 Å². The Kier molecular flexibility index (Phi) is 6.66. The van der Waals surface area contributed by atoms with Gasteiger partial charge in [0.1, 0.15) is 0 Å². The van der Waals surface area contributed by atoms with Crippen LogP contribution in [0.25, 0.3) is 10.2 Å². The number of rotatable bonds is 7. The zero-order valence-corrected chi connectivity index (χ0v) is 18.5. The van der Waals surface area contributed by atoms with E-state index < -0.39 is 10.0 Å². The maximum Gasteiger partial charge on any atom is 0.279 e. The normalized spacial score (nSPS) is 12.8. The number of carbonyl (C=O) groups excluding carboxylic acids is 1. The van der Waals surface area contributed by atoms with Gasteiger partial charge in [-0.3, -0.25) is 4.79 Å². The predicted molar refractivity (Wildman–Crippen MR) is 117 cm³/mol. The number of benzene rings is 2. The number of amides is 1. The zero-order chi connectivity index (χ0) is 21.0. The summed E-state index contributed by atoms with van der Waals surface area (Å²) in [7, 11) is -3.54. The smallest absolute Gasteiger partial charge is 0.279 e. The lowest BCUT2D eigenvalue weighted by molar-refractivity contribution is 0.0997. The first-order valence-electron chi connectivity index (χ1n) is 9.70. The molecule has 29 heavy (non-hydrogen) atoms. The minimum atomic E-state index is -3.54. The summed E-state index contributed by atoms with van der Waals surface area (Å²) in [6, 6.07) is 14.0. The van der Waals surface area contributed by atoms with Crippen LogP contribution in [0.5, 0.6) is 0 Å². The lowest BCUT2D eigenvalue weighted by atomic mass is 10.2. The summed E-state index contributed by atoms with van der Waals surface area (Å²) in [6.07, 6.45) is 0.931. The van der Waals surface area contributed by atoms with Gasteiger partial charge >= 0.3 is 0 Å². The standard InChI is InChI=1S/C21H25N3O3S2/c1-4-15-24-18-9-7-8-10-19(18)28-21(24)22-20(25)16-11-13-17(14-12-16)29(26,27)23(5-2)6-3/h7-14H,4-6,15H2,1-3H3. The summed E-state index contributed by atoms with van der Waals surface area (Å²) in [5.41, 5.74) is 1.43. The van der Waals surface area contributed by atoms with Crippen molar-refractivity contribution in [2.24, 2.45) is 4.99 Å². The largest absolute Gasteiger partial charge is 0.316 e. The summed E-state index contributed by atoms with van der Waals surface area (Å²) in [5, 5.41) is 0. The van der Waals surface area contributed by atoms with E-state index in [1.54, 1.807) is 13.8 Å². The Morgan fingerprint density at radius 3 is 2.31 bits per heavy atom. The van der Waals surface area contributed by atoms with Crippen molar-refractivity contribution < 1.29 is 13.2 Å². The molecule has 3 rings (SSSR count). The number of aryl methyl sites for hydroxylation is 1. The summed E-state index contributed by atoms with van der Waals surface area (Å²) >= 11 is 1.48. The van der Waals surface area contributed by atoms with Crippen LogP contribution in [0, 0.1) is 0 Å². The van der Waals surface area contributed by atoms with Crippen LogP contribution >= 0.6 is 11.3 Å². The SMILES string of the molecule is CCCn1c(=NC(=O)c2ccc(S(=O)(=O)N(CC)CC)cc2)sc2ccccc21. The first-order chi connectivity index (χ1) is 13.9. The molecule has 0 atom stereocenters. The molecule has 0 aliphatic rings. The molecule has 0 fully saturated rings. The monoisotopic (exact) mass is 431 g/mol. The Labute approximate surface area is 175 Å². The number of hydrogen-bond donors (Lipinski definition) is 0. The number of aromatic nitrogens is 1. The first kappa shape index (κ1) is 21.4. The Morgan fingerprint density at radius 2 is 1.69 bits per heavy atom. The second-order valence-electron chi connectivity index (χ2n) is 6.53. The minimum Gasteiger partial charge on any atom is -0.316 e. The van der Waals surface area contributed by atoms with Gasteiger partial charge in [0.25, 0.3) is 5.91 Å². The van der Waals surface area contributed by atoms with E-state index in [2.05, 4.69) is 16.5 Å². The highest BCUT2D eigenvalue weighted by molar-refractivity contribution is 7.89. The molecule has 0 N–H and O–H groups in total. The highest BCUT2D eigenvalue weighted by Crippen LogP contribution is 2.18. The Balaban J connectivity index is 1.96. The predicted octanol–water partition coefficient (Wildman–Crippen LogP) is 3.88. The molecule has 8 heteroatoms. The Hall–Kier alpha value is -2.29. The quantitative estimate of drug-likeness (QED) is 0.570. The summed E-state index contributed by atoms with van der Waals surface area (Å²) in [6.45, 7) is 7.26. The van der Waals surface area contributed by atoms with Crippen molar-refractivity contribution in [3.05, 3.63) is 58.9 Å². The van der Waals surface area contributed by atoms with Gasteiger partial charge in [0, 0.05) is 25.2 Å². The van der Waals surface area contributed by atoms with E-state index in [0.29, 0.717) is 23.5 Å². The fourth-order valence-corrected chi connectivity index (χ4v) is 5.69. The van der Waals surface area contributed by atoms with Gasteiger partial charge in [-0.2, -0.15) is 9.30 Å². The van der Waals surface area contributed by atoms with E-state index in [1.807, 2.05) is 24.3 Å².